The van der Waals surface area contributed by atoms with Crippen molar-refractivity contribution >= 4 is 31.2 Å². The zero-order valence-electron chi connectivity index (χ0n) is 22.5. The first-order chi connectivity index (χ1) is 20.5. The SMILES string of the molecule is CCc1ccc(S2(OS(=O)(=O)C(F)(F)C(F)(F)C(F)(F)C(F)(F)C(F)(F)C(F)(F)C(F)(F)C(F)(F)F)CCCC2)c2ccccc12. The third kappa shape index (κ3) is 5.09. The van der Waals surface area contributed by atoms with Crippen LogP contribution in [0, 0.1) is 0 Å². The second kappa shape index (κ2) is 11.2. The van der Waals surface area contributed by atoms with Crippen molar-refractivity contribution in [2.75, 3.05) is 11.5 Å². The van der Waals surface area contributed by atoms with Crippen molar-refractivity contribution in [3.8, 4) is 0 Å². The molecule has 0 amide bonds. The summed E-state index contributed by atoms with van der Waals surface area (Å²) in [5.74, 6) is -53.0. The van der Waals surface area contributed by atoms with E-state index in [1.54, 1.807) is 6.92 Å². The van der Waals surface area contributed by atoms with Gasteiger partial charge in [-0.05, 0) is 41.7 Å². The van der Waals surface area contributed by atoms with Crippen LogP contribution >= 0.6 is 10.3 Å². The summed E-state index contributed by atoms with van der Waals surface area (Å²) < 4.78 is 263. The first kappa shape index (κ1) is 38.2. The van der Waals surface area contributed by atoms with E-state index in [4.69, 9.17) is 0 Å². The van der Waals surface area contributed by atoms with Gasteiger partial charge in [0.15, 0.2) is 0 Å². The van der Waals surface area contributed by atoms with Gasteiger partial charge in [0.05, 0.1) is 0 Å². The lowest BCUT2D eigenvalue weighted by molar-refractivity contribution is -0.458. The predicted octanol–water partition coefficient (Wildman–Crippen LogP) is 9.59. The van der Waals surface area contributed by atoms with Crippen molar-refractivity contribution in [3.05, 3.63) is 42.0 Å². The molecule has 0 atom stereocenters. The van der Waals surface area contributed by atoms with Crippen molar-refractivity contribution in [2.45, 2.75) is 78.0 Å². The summed E-state index contributed by atoms with van der Waals surface area (Å²) in [6.45, 7) is 1.67. The van der Waals surface area contributed by atoms with Crippen LogP contribution < -0.4 is 0 Å². The quantitative estimate of drug-likeness (QED) is 0.216. The van der Waals surface area contributed by atoms with Gasteiger partial charge in [-0.1, -0.05) is 47.6 Å². The molecule has 2 aromatic rings. The summed E-state index contributed by atoms with van der Waals surface area (Å²) in [6, 6.07) is 8.12. The fourth-order valence-electron chi connectivity index (χ4n) is 4.58. The number of aryl methyl sites for hydroxylation is 1. The minimum Gasteiger partial charge on any atom is -0.211 e. The van der Waals surface area contributed by atoms with Crippen molar-refractivity contribution < 1.29 is 86.7 Å². The molecule has 22 heteroatoms. The Morgan fingerprint density at radius 2 is 1.02 bits per heavy atom. The topological polar surface area (TPSA) is 43.4 Å². The molecule has 0 aromatic heterocycles. The van der Waals surface area contributed by atoms with Crippen LogP contribution in [0.25, 0.3) is 10.8 Å². The average Bonchev–Trinajstić information content (AvgIpc) is 3.39. The minimum absolute atomic E-state index is 0.0559. The highest BCUT2D eigenvalue weighted by atomic mass is 32.3. The Morgan fingerprint density at radius 1 is 0.609 bits per heavy atom. The number of fused-ring (bicyclic) bond motifs is 1. The molecule has 264 valence electrons. The standard InChI is InChI=1S/C24H19F17O3S2/c1-2-13-9-10-16(15-8-4-3-7-14(13)15)45(11-5-6-12-45)44-46(42,43)24(40,41)22(35,36)20(31,32)18(27,28)17(25,26)19(29,30)21(33,34)23(37,38)39/h3-4,7-10H,2,5-6,11-12H2,1H3. The van der Waals surface area contributed by atoms with E-state index in [9.17, 15) is 83.1 Å². The third-order valence-electron chi connectivity index (χ3n) is 7.18. The Labute approximate surface area is 249 Å². The van der Waals surface area contributed by atoms with Crippen LogP contribution in [0.5, 0.6) is 0 Å². The van der Waals surface area contributed by atoms with Crippen LogP contribution in [0.3, 0.4) is 0 Å². The van der Waals surface area contributed by atoms with E-state index >= 15 is 0 Å². The van der Waals surface area contributed by atoms with Gasteiger partial charge in [0, 0.05) is 16.4 Å². The predicted molar refractivity (Wildman–Crippen MR) is 129 cm³/mol. The van der Waals surface area contributed by atoms with E-state index in [-0.39, 0.29) is 23.1 Å². The van der Waals surface area contributed by atoms with E-state index in [1.165, 1.54) is 30.3 Å². The molecule has 0 unspecified atom stereocenters. The molecule has 3 nitrogen and oxygen atoms in total. The zero-order chi connectivity index (χ0) is 35.8. The van der Waals surface area contributed by atoms with E-state index in [2.05, 4.69) is 3.63 Å². The smallest absolute Gasteiger partial charge is 0.211 e. The number of hydrogen-bond acceptors (Lipinski definition) is 3. The molecular formula is C24H19F17O3S2. The molecule has 0 bridgehead atoms. The van der Waals surface area contributed by atoms with E-state index in [0.717, 1.165) is 6.07 Å². The van der Waals surface area contributed by atoms with Crippen LogP contribution in [0.15, 0.2) is 41.3 Å². The van der Waals surface area contributed by atoms with Crippen molar-refractivity contribution in [1.82, 2.24) is 0 Å². The molecule has 2 aromatic carbocycles. The van der Waals surface area contributed by atoms with Crippen LogP contribution in [-0.2, 0) is 20.2 Å². The highest BCUT2D eigenvalue weighted by Gasteiger charge is 2.96. The van der Waals surface area contributed by atoms with Crippen LogP contribution in [0.4, 0.5) is 74.6 Å². The van der Waals surface area contributed by atoms with Gasteiger partial charge in [0.1, 0.15) is 0 Å². The Hall–Kier alpha value is -2.23. The summed E-state index contributed by atoms with van der Waals surface area (Å²) >= 11 is 0. The molecular weight excluding hydrogens is 723 g/mol. The maximum atomic E-state index is 14.9. The van der Waals surface area contributed by atoms with Gasteiger partial charge in [-0.3, -0.25) is 0 Å². The fourth-order valence-corrected chi connectivity index (χ4v) is 10.5. The Bertz CT molecular complexity index is 1560. The third-order valence-corrected chi connectivity index (χ3v) is 12.9. The number of hydrogen-bond donors (Lipinski definition) is 0. The van der Waals surface area contributed by atoms with Gasteiger partial charge in [-0.2, -0.15) is 83.1 Å². The maximum absolute atomic E-state index is 14.9. The van der Waals surface area contributed by atoms with Gasteiger partial charge in [-0.25, -0.2) is 3.63 Å². The molecule has 0 N–H and O–H groups in total. The summed E-state index contributed by atoms with van der Waals surface area (Å²) in [4.78, 5) is -0.224. The van der Waals surface area contributed by atoms with Crippen molar-refractivity contribution in [2.24, 2.45) is 0 Å². The monoisotopic (exact) mass is 742 g/mol. The van der Waals surface area contributed by atoms with E-state index in [1.807, 2.05) is 0 Å². The first-order valence-electron chi connectivity index (χ1n) is 12.4. The highest BCUT2D eigenvalue weighted by Crippen LogP contribution is 2.68. The van der Waals surface area contributed by atoms with Crippen molar-refractivity contribution in [3.63, 3.8) is 0 Å². The molecule has 1 aliphatic rings. The number of rotatable bonds is 11. The molecule has 0 saturated carbocycles. The Kier molecular flexibility index (Phi) is 9.27. The lowest BCUT2D eigenvalue weighted by Crippen LogP contribution is -2.75. The van der Waals surface area contributed by atoms with Gasteiger partial charge < -0.3 is 0 Å². The fraction of sp³-hybridized carbons (Fsp3) is 0.583. The summed E-state index contributed by atoms with van der Waals surface area (Å²) in [6.07, 6.45) is -7.67. The van der Waals surface area contributed by atoms with Gasteiger partial charge in [-0.15, -0.1) is 0 Å². The molecule has 1 heterocycles. The zero-order valence-corrected chi connectivity index (χ0v) is 24.1. The second-order valence-corrected chi connectivity index (χ2v) is 14.9. The number of halogens is 17. The van der Waals surface area contributed by atoms with Gasteiger partial charge >= 0.3 is 57.1 Å². The first-order valence-corrected chi connectivity index (χ1v) is 15.7. The number of benzene rings is 2. The van der Waals surface area contributed by atoms with Crippen LogP contribution in [0.1, 0.15) is 25.3 Å². The van der Waals surface area contributed by atoms with E-state index in [0.29, 0.717) is 17.4 Å². The lowest BCUT2D eigenvalue weighted by atomic mass is 9.91. The van der Waals surface area contributed by atoms with Crippen molar-refractivity contribution in [1.29, 1.82) is 0 Å². The molecule has 1 saturated heterocycles. The molecule has 0 radical (unpaired) electrons. The minimum atomic E-state index is -8.90. The Morgan fingerprint density at radius 3 is 1.46 bits per heavy atom. The molecule has 1 aliphatic heterocycles. The normalized spacial score (nSPS) is 18.7. The summed E-state index contributed by atoms with van der Waals surface area (Å²) in [7, 11) is -11.5. The van der Waals surface area contributed by atoms with Gasteiger partial charge in [0.25, 0.3) is 0 Å². The summed E-state index contributed by atoms with van der Waals surface area (Å²) in [5.41, 5.74) is 0.585. The highest BCUT2D eigenvalue weighted by molar-refractivity contribution is 8.33. The maximum Gasteiger partial charge on any atom is 0.460 e. The van der Waals surface area contributed by atoms with Crippen LogP contribution in [-0.4, -0.2) is 66.9 Å². The Balaban J connectivity index is 2.16. The lowest BCUT2D eigenvalue weighted by Gasteiger charge is -2.43. The molecule has 46 heavy (non-hydrogen) atoms. The molecule has 0 spiro atoms. The van der Waals surface area contributed by atoms with Gasteiger partial charge in [0.2, 0.25) is 0 Å². The molecule has 0 aliphatic carbocycles. The van der Waals surface area contributed by atoms with E-state index < -0.39 is 78.9 Å². The number of alkyl halides is 17. The average molecular weight is 743 g/mol. The van der Waals surface area contributed by atoms with Crippen LogP contribution in [0.2, 0.25) is 0 Å². The second-order valence-electron chi connectivity index (χ2n) is 10.0. The molecule has 1 fully saturated rings. The molecule has 3 rings (SSSR count). The largest absolute Gasteiger partial charge is 0.460 e. The summed E-state index contributed by atoms with van der Waals surface area (Å²) in [5, 5.41) is -7.25.